The maximum absolute atomic E-state index is 11.9. The van der Waals surface area contributed by atoms with Gasteiger partial charge >= 0.3 is 11.9 Å². The number of hydrogen-bond acceptors (Lipinski definition) is 5. The minimum Gasteiger partial charge on any atom is -0.479 e. The van der Waals surface area contributed by atoms with E-state index in [1.54, 1.807) is 26.8 Å². The quantitative estimate of drug-likeness (QED) is 0.502. The monoisotopic (exact) mass is 295 g/mol. The Kier molecular flexibility index (Phi) is 4.93. The van der Waals surface area contributed by atoms with Gasteiger partial charge in [-0.1, -0.05) is 17.9 Å². The van der Waals surface area contributed by atoms with Gasteiger partial charge in [0.15, 0.2) is 0 Å². The van der Waals surface area contributed by atoms with Crippen molar-refractivity contribution in [3.05, 3.63) is 22.4 Å². The fourth-order valence-electron chi connectivity index (χ4n) is 1.22. The molecular formula is C14H17NO4S. The van der Waals surface area contributed by atoms with Gasteiger partial charge in [-0.05, 0) is 32.2 Å². The van der Waals surface area contributed by atoms with Gasteiger partial charge < -0.3 is 15.6 Å². The van der Waals surface area contributed by atoms with Crippen molar-refractivity contribution in [3.8, 4) is 11.8 Å². The van der Waals surface area contributed by atoms with Gasteiger partial charge in [-0.2, -0.15) is 0 Å². The molecule has 0 saturated carbocycles. The van der Waals surface area contributed by atoms with Crippen LogP contribution in [0.3, 0.4) is 0 Å². The van der Waals surface area contributed by atoms with Crippen molar-refractivity contribution in [1.82, 2.24) is 0 Å². The van der Waals surface area contributed by atoms with E-state index in [0.29, 0.717) is 0 Å². The van der Waals surface area contributed by atoms with Gasteiger partial charge in [-0.15, -0.1) is 11.3 Å². The standard InChI is InChI=1S/C14H17NO4S/c1-13(2,3)19-12(18)14(15,11(16)17)8-4-6-10-7-5-9-20-10/h5,7,9H,8,15H2,1-3H3,(H,16,17)/t14-/m1/s1. The molecule has 0 unspecified atom stereocenters. The number of carbonyl (C=O) groups is 2. The zero-order valence-corrected chi connectivity index (χ0v) is 12.4. The second-order valence-electron chi connectivity index (χ2n) is 5.23. The predicted octanol–water partition coefficient (Wildman–Crippen LogP) is 1.61. The van der Waals surface area contributed by atoms with Crippen molar-refractivity contribution in [2.45, 2.75) is 38.3 Å². The van der Waals surface area contributed by atoms with Gasteiger partial charge in [0, 0.05) is 6.42 Å². The van der Waals surface area contributed by atoms with Crippen molar-refractivity contribution >= 4 is 23.3 Å². The number of carboxylic acids is 1. The number of thiophene rings is 1. The molecule has 1 atom stereocenters. The Labute approximate surface area is 121 Å². The van der Waals surface area contributed by atoms with Gasteiger partial charge in [-0.3, -0.25) is 0 Å². The van der Waals surface area contributed by atoms with Crippen LogP contribution in [0, 0.1) is 11.8 Å². The lowest BCUT2D eigenvalue weighted by Crippen LogP contribution is -2.56. The van der Waals surface area contributed by atoms with Crippen molar-refractivity contribution in [2.75, 3.05) is 0 Å². The summed E-state index contributed by atoms with van der Waals surface area (Å²) in [4.78, 5) is 24.0. The topological polar surface area (TPSA) is 89.6 Å². The van der Waals surface area contributed by atoms with E-state index in [1.165, 1.54) is 11.3 Å². The summed E-state index contributed by atoms with van der Waals surface area (Å²) in [5, 5.41) is 11.0. The minimum atomic E-state index is -2.16. The third-order valence-electron chi connectivity index (χ3n) is 2.24. The molecule has 0 aliphatic carbocycles. The highest BCUT2D eigenvalue weighted by Gasteiger charge is 2.45. The molecule has 3 N–H and O–H groups in total. The Morgan fingerprint density at radius 1 is 1.45 bits per heavy atom. The second-order valence-corrected chi connectivity index (χ2v) is 6.18. The molecule has 0 saturated heterocycles. The summed E-state index contributed by atoms with van der Waals surface area (Å²) < 4.78 is 5.04. The van der Waals surface area contributed by atoms with E-state index in [4.69, 9.17) is 15.6 Å². The van der Waals surface area contributed by atoms with Gasteiger partial charge in [0.05, 0.1) is 4.88 Å². The molecule has 0 amide bonds. The Morgan fingerprint density at radius 3 is 2.55 bits per heavy atom. The predicted molar refractivity (Wildman–Crippen MR) is 76.2 cm³/mol. The van der Waals surface area contributed by atoms with Gasteiger partial charge in [0.2, 0.25) is 5.54 Å². The highest BCUT2D eigenvalue weighted by Crippen LogP contribution is 2.16. The fourth-order valence-corrected chi connectivity index (χ4v) is 1.82. The van der Waals surface area contributed by atoms with E-state index < -0.39 is 23.1 Å². The Morgan fingerprint density at radius 2 is 2.10 bits per heavy atom. The van der Waals surface area contributed by atoms with Crippen LogP contribution >= 0.6 is 11.3 Å². The molecule has 0 radical (unpaired) electrons. The minimum absolute atomic E-state index is 0.310. The molecule has 0 aromatic carbocycles. The molecule has 0 aliphatic rings. The van der Waals surface area contributed by atoms with Crippen LogP contribution in [0.4, 0.5) is 0 Å². The fraction of sp³-hybridized carbons (Fsp3) is 0.429. The van der Waals surface area contributed by atoms with Crippen LogP contribution in [-0.4, -0.2) is 28.2 Å². The first-order chi connectivity index (χ1) is 9.15. The number of aliphatic carboxylic acids is 1. The lowest BCUT2D eigenvalue weighted by molar-refractivity contribution is -0.168. The van der Waals surface area contributed by atoms with E-state index in [1.807, 2.05) is 11.4 Å². The molecule has 1 aromatic rings. The summed E-state index contributed by atoms with van der Waals surface area (Å²) in [6.45, 7) is 4.93. The number of ether oxygens (including phenoxy) is 1. The van der Waals surface area contributed by atoms with Crippen molar-refractivity contribution in [1.29, 1.82) is 0 Å². The molecule has 0 aliphatic heterocycles. The first-order valence-corrected chi connectivity index (χ1v) is 6.81. The van der Waals surface area contributed by atoms with E-state index in [2.05, 4.69) is 11.8 Å². The largest absolute Gasteiger partial charge is 0.479 e. The highest BCUT2D eigenvalue weighted by molar-refractivity contribution is 7.10. The third-order valence-corrected chi connectivity index (χ3v) is 3.03. The summed E-state index contributed by atoms with van der Waals surface area (Å²) in [5.74, 6) is 2.96. The molecule has 1 heterocycles. The summed E-state index contributed by atoms with van der Waals surface area (Å²) in [6.07, 6.45) is -0.310. The lowest BCUT2D eigenvalue weighted by atomic mass is 9.96. The van der Waals surface area contributed by atoms with Crippen LogP contribution in [0.1, 0.15) is 32.1 Å². The Balaban J connectivity index is 2.87. The zero-order chi connectivity index (χ0) is 15.4. The third kappa shape index (κ3) is 4.37. The first kappa shape index (κ1) is 16.2. The lowest BCUT2D eigenvalue weighted by Gasteiger charge is -2.26. The zero-order valence-electron chi connectivity index (χ0n) is 11.6. The molecule has 0 fully saturated rings. The van der Waals surface area contributed by atoms with Crippen molar-refractivity contribution in [2.24, 2.45) is 5.73 Å². The molecule has 108 valence electrons. The number of rotatable bonds is 3. The normalized spacial score (nSPS) is 13.8. The Bertz CT molecular complexity index is 548. The van der Waals surface area contributed by atoms with E-state index in [0.717, 1.165) is 4.88 Å². The summed E-state index contributed by atoms with van der Waals surface area (Å²) >= 11 is 1.42. The molecule has 1 rings (SSSR count). The molecular weight excluding hydrogens is 278 g/mol. The number of esters is 1. The number of carboxylic acid groups (broad SMARTS) is 1. The molecule has 0 spiro atoms. The SMILES string of the molecule is CC(C)(C)OC(=O)[C@@](N)(CC#Cc1cccs1)C(=O)O. The van der Waals surface area contributed by atoms with Crippen LogP contribution in [0.25, 0.3) is 0 Å². The molecule has 20 heavy (non-hydrogen) atoms. The van der Waals surface area contributed by atoms with Gasteiger partial charge in [0.1, 0.15) is 5.60 Å². The van der Waals surface area contributed by atoms with Crippen molar-refractivity contribution in [3.63, 3.8) is 0 Å². The number of hydrogen-bond donors (Lipinski definition) is 2. The first-order valence-electron chi connectivity index (χ1n) is 5.93. The van der Waals surface area contributed by atoms with E-state index in [-0.39, 0.29) is 6.42 Å². The van der Waals surface area contributed by atoms with Crippen LogP contribution in [0.15, 0.2) is 17.5 Å². The van der Waals surface area contributed by atoms with Crippen molar-refractivity contribution < 1.29 is 19.4 Å². The highest BCUT2D eigenvalue weighted by atomic mass is 32.1. The molecule has 0 bridgehead atoms. The molecule has 5 nitrogen and oxygen atoms in total. The van der Waals surface area contributed by atoms with E-state index >= 15 is 0 Å². The number of carbonyl (C=O) groups excluding carboxylic acids is 1. The smallest absolute Gasteiger partial charge is 0.339 e. The molecule has 1 aromatic heterocycles. The average molecular weight is 295 g/mol. The summed E-state index contributed by atoms with van der Waals surface area (Å²) in [5.41, 5.74) is 2.70. The molecule has 6 heteroatoms. The Hall–Kier alpha value is -1.84. The average Bonchev–Trinajstić information content (AvgIpc) is 2.79. The maximum atomic E-state index is 11.9. The van der Waals surface area contributed by atoms with E-state index in [9.17, 15) is 9.59 Å². The van der Waals surface area contributed by atoms with Crippen LogP contribution < -0.4 is 5.73 Å². The number of nitrogens with two attached hydrogens (primary N) is 1. The maximum Gasteiger partial charge on any atom is 0.339 e. The van der Waals surface area contributed by atoms with Crippen LogP contribution in [-0.2, 0) is 14.3 Å². The van der Waals surface area contributed by atoms with Crippen LogP contribution in [0.2, 0.25) is 0 Å². The second kappa shape index (κ2) is 6.07. The van der Waals surface area contributed by atoms with Crippen LogP contribution in [0.5, 0.6) is 0 Å². The summed E-state index contributed by atoms with van der Waals surface area (Å²) in [6, 6.07) is 3.62. The van der Waals surface area contributed by atoms with Gasteiger partial charge in [0.25, 0.3) is 0 Å². The van der Waals surface area contributed by atoms with Gasteiger partial charge in [-0.25, -0.2) is 9.59 Å². The summed E-state index contributed by atoms with van der Waals surface area (Å²) in [7, 11) is 0.